The number of benzene rings is 1. The van der Waals surface area contributed by atoms with Crippen molar-refractivity contribution in [1.82, 2.24) is 15.5 Å². The Bertz CT molecular complexity index is 436. The molecule has 110 valence electrons. The lowest BCUT2D eigenvalue weighted by Crippen LogP contribution is -2.46. The first-order valence-electron chi connectivity index (χ1n) is 6.83. The highest BCUT2D eigenvalue weighted by Gasteiger charge is 2.10. The molecule has 1 aliphatic rings. The molecule has 0 aromatic heterocycles. The van der Waals surface area contributed by atoms with Crippen LogP contribution >= 0.6 is 11.6 Å². The summed E-state index contributed by atoms with van der Waals surface area (Å²) in [4.78, 5) is 14.0. The van der Waals surface area contributed by atoms with Gasteiger partial charge in [-0.2, -0.15) is 0 Å². The molecule has 0 bridgehead atoms. The van der Waals surface area contributed by atoms with Crippen molar-refractivity contribution < 1.29 is 9.53 Å². The maximum absolute atomic E-state index is 11.7. The molecule has 1 aromatic carbocycles. The van der Waals surface area contributed by atoms with E-state index in [0.717, 1.165) is 32.7 Å². The Morgan fingerprint density at radius 2 is 2.10 bits per heavy atom. The molecular formula is C14H20ClN3O2. The summed E-state index contributed by atoms with van der Waals surface area (Å²) in [6, 6.07) is 7.13. The van der Waals surface area contributed by atoms with Crippen molar-refractivity contribution in [1.29, 1.82) is 0 Å². The van der Waals surface area contributed by atoms with Crippen LogP contribution < -0.4 is 15.4 Å². The number of halogens is 1. The summed E-state index contributed by atoms with van der Waals surface area (Å²) in [5.74, 6) is 0.409. The van der Waals surface area contributed by atoms with Crippen molar-refractivity contribution in [2.45, 2.75) is 0 Å². The molecule has 2 N–H and O–H groups in total. The van der Waals surface area contributed by atoms with Crippen molar-refractivity contribution in [2.24, 2.45) is 0 Å². The molecule has 1 saturated heterocycles. The number of nitrogens with one attached hydrogen (secondary N) is 2. The summed E-state index contributed by atoms with van der Waals surface area (Å²) in [6.45, 7) is 5.61. The summed E-state index contributed by atoms with van der Waals surface area (Å²) in [5, 5.41) is 6.66. The molecule has 0 spiro atoms. The second-order valence-electron chi connectivity index (χ2n) is 4.66. The van der Waals surface area contributed by atoms with Crippen molar-refractivity contribution >= 4 is 17.5 Å². The van der Waals surface area contributed by atoms with Gasteiger partial charge in [0.15, 0.2) is 6.61 Å². The number of hydrogen-bond acceptors (Lipinski definition) is 4. The molecule has 1 heterocycles. The smallest absolute Gasteiger partial charge is 0.257 e. The second kappa shape index (κ2) is 8.09. The van der Waals surface area contributed by atoms with Crippen molar-refractivity contribution in [2.75, 3.05) is 45.9 Å². The van der Waals surface area contributed by atoms with Crippen LogP contribution in [0.25, 0.3) is 0 Å². The maximum Gasteiger partial charge on any atom is 0.257 e. The third-order valence-corrected chi connectivity index (χ3v) is 3.47. The molecule has 0 radical (unpaired) electrons. The SMILES string of the molecule is O=C(COc1ccccc1Cl)NCCN1CCNCC1. The third-order valence-electron chi connectivity index (χ3n) is 3.16. The monoisotopic (exact) mass is 297 g/mol. The van der Waals surface area contributed by atoms with Gasteiger partial charge in [0.25, 0.3) is 5.91 Å². The Kier molecular flexibility index (Phi) is 6.11. The fraction of sp³-hybridized carbons (Fsp3) is 0.500. The van der Waals surface area contributed by atoms with E-state index in [1.54, 1.807) is 12.1 Å². The number of carbonyl (C=O) groups excluding carboxylic acids is 1. The molecule has 0 aliphatic carbocycles. The molecule has 0 saturated carbocycles. The number of para-hydroxylation sites is 1. The van der Waals surface area contributed by atoms with Gasteiger partial charge in [0.05, 0.1) is 5.02 Å². The Balaban J connectivity index is 1.62. The normalized spacial score (nSPS) is 15.8. The van der Waals surface area contributed by atoms with Gasteiger partial charge >= 0.3 is 0 Å². The number of nitrogens with zero attached hydrogens (tertiary/aromatic N) is 1. The van der Waals surface area contributed by atoms with E-state index in [0.29, 0.717) is 17.3 Å². The molecule has 20 heavy (non-hydrogen) atoms. The van der Waals surface area contributed by atoms with Crippen LogP contribution in [0.4, 0.5) is 0 Å². The van der Waals surface area contributed by atoms with Gasteiger partial charge in [0.1, 0.15) is 5.75 Å². The van der Waals surface area contributed by atoms with Crippen LogP contribution in [0.5, 0.6) is 5.75 Å². The highest BCUT2D eigenvalue weighted by Crippen LogP contribution is 2.22. The molecule has 1 aromatic rings. The summed E-state index contributed by atoms with van der Waals surface area (Å²) < 4.78 is 5.37. The lowest BCUT2D eigenvalue weighted by Gasteiger charge is -2.27. The van der Waals surface area contributed by atoms with Gasteiger partial charge in [-0.25, -0.2) is 0 Å². The molecule has 2 rings (SSSR count). The van der Waals surface area contributed by atoms with E-state index >= 15 is 0 Å². The average molecular weight is 298 g/mol. The van der Waals surface area contributed by atoms with Crippen LogP contribution in [0, 0.1) is 0 Å². The highest BCUT2D eigenvalue weighted by atomic mass is 35.5. The van der Waals surface area contributed by atoms with E-state index in [-0.39, 0.29) is 12.5 Å². The molecule has 0 unspecified atom stereocenters. The molecule has 0 atom stereocenters. The zero-order chi connectivity index (χ0) is 14.2. The minimum atomic E-state index is -0.125. The number of piperazine rings is 1. The summed E-state index contributed by atoms with van der Waals surface area (Å²) in [5.41, 5.74) is 0. The van der Waals surface area contributed by atoms with E-state index in [9.17, 15) is 4.79 Å². The molecular weight excluding hydrogens is 278 g/mol. The maximum atomic E-state index is 11.7. The van der Waals surface area contributed by atoms with Gasteiger partial charge in [-0.15, -0.1) is 0 Å². The average Bonchev–Trinajstić information content (AvgIpc) is 2.47. The van der Waals surface area contributed by atoms with Crippen LogP contribution in [0.2, 0.25) is 5.02 Å². The standard InChI is InChI=1S/C14H20ClN3O2/c15-12-3-1-2-4-13(12)20-11-14(19)17-7-10-18-8-5-16-6-9-18/h1-4,16H,5-11H2,(H,17,19). The van der Waals surface area contributed by atoms with Gasteiger partial charge < -0.3 is 15.4 Å². The predicted octanol–water partition coefficient (Wildman–Crippen LogP) is 0.740. The minimum Gasteiger partial charge on any atom is -0.482 e. The van der Waals surface area contributed by atoms with Crippen molar-refractivity contribution in [3.8, 4) is 5.75 Å². The van der Waals surface area contributed by atoms with Gasteiger partial charge in [-0.3, -0.25) is 9.69 Å². The quantitative estimate of drug-likeness (QED) is 0.813. The van der Waals surface area contributed by atoms with Crippen LogP contribution in [-0.2, 0) is 4.79 Å². The van der Waals surface area contributed by atoms with Crippen LogP contribution in [-0.4, -0.2) is 56.7 Å². The first kappa shape index (κ1) is 15.1. The first-order valence-corrected chi connectivity index (χ1v) is 7.20. The van der Waals surface area contributed by atoms with E-state index in [4.69, 9.17) is 16.3 Å². The zero-order valence-corrected chi connectivity index (χ0v) is 12.2. The predicted molar refractivity (Wildman–Crippen MR) is 79.3 cm³/mol. The fourth-order valence-corrected chi connectivity index (χ4v) is 2.23. The van der Waals surface area contributed by atoms with Gasteiger partial charge in [0, 0.05) is 39.3 Å². The van der Waals surface area contributed by atoms with Gasteiger partial charge in [0.2, 0.25) is 0 Å². The molecule has 5 nitrogen and oxygen atoms in total. The van der Waals surface area contributed by atoms with E-state index in [1.165, 1.54) is 0 Å². The van der Waals surface area contributed by atoms with E-state index in [2.05, 4.69) is 15.5 Å². The first-order chi connectivity index (χ1) is 9.75. The topological polar surface area (TPSA) is 53.6 Å². The van der Waals surface area contributed by atoms with Crippen LogP contribution in [0.1, 0.15) is 0 Å². The third kappa shape index (κ3) is 5.00. The summed E-state index contributed by atoms with van der Waals surface area (Å²) in [6.07, 6.45) is 0. The van der Waals surface area contributed by atoms with Crippen molar-refractivity contribution in [3.05, 3.63) is 29.3 Å². The minimum absolute atomic E-state index is 0.00864. The zero-order valence-electron chi connectivity index (χ0n) is 11.4. The number of amides is 1. The molecule has 6 heteroatoms. The Labute approximate surface area is 124 Å². The Hall–Kier alpha value is -1.30. The summed E-state index contributed by atoms with van der Waals surface area (Å²) in [7, 11) is 0. The lowest BCUT2D eigenvalue weighted by atomic mass is 10.3. The molecule has 1 amide bonds. The van der Waals surface area contributed by atoms with E-state index < -0.39 is 0 Å². The number of carbonyl (C=O) groups is 1. The van der Waals surface area contributed by atoms with Crippen molar-refractivity contribution in [3.63, 3.8) is 0 Å². The lowest BCUT2D eigenvalue weighted by molar-refractivity contribution is -0.123. The Morgan fingerprint density at radius 3 is 2.85 bits per heavy atom. The second-order valence-corrected chi connectivity index (χ2v) is 5.07. The van der Waals surface area contributed by atoms with Gasteiger partial charge in [-0.1, -0.05) is 23.7 Å². The van der Waals surface area contributed by atoms with E-state index in [1.807, 2.05) is 12.1 Å². The largest absolute Gasteiger partial charge is 0.482 e. The molecule has 1 aliphatic heterocycles. The molecule has 1 fully saturated rings. The number of ether oxygens (including phenoxy) is 1. The number of rotatable bonds is 6. The Morgan fingerprint density at radius 1 is 1.35 bits per heavy atom. The van der Waals surface area contributed by atoms with Crippen LogP contribution in [0.3, 0.4) is 0 Å². The van der Waals surface area contributed by atoms with Crippen LogP contribution in [0.15, 0.2) is 24.3 Å². The number of hydrogen-bond donors (Lipinski definition) is 2. The summed E-state index contributed by atoms with van der Waals surface area (Å²) >= 11 is 5.94. The fourth-order valence-electron chi connectivity index (χ4n) is 2.04. The van der Waals surface area contributed by atoms with Gasteiger partial charge in [-0.05, 0) is 12.1 Å². The highest BCUT2D eigenvalue weighted by molar-refractivity contribution is 6.32.